The largest absolute Gasteiger partial charge is 0.417 e. The number of carbonyl (C=O) groups excluding carboxylic acids is 1. The molecule has 0 bridgehead atoms. The Bertz CT molecular complexity index is 465. The van der Waals surface area contributed by atoms with E-state index in [9.17, 15) is 18.0 Å². The zero-order valence-electron chi connectivity index (χ0n) is 10.4. The van der Waals surface area contributed by atoms with Gasteiger partial charge in [-0.05, 0) is 13.0 Å². The van der Waals surface area contributed by atoms with Crippen molar-refractivity contribution in [2.75, 3.05) is 25.0 Å². The second-order valence-electron chi connectivity index (χ2n) is 3.84. The average Bonchev–Trinajstić information content (AvgIpc) is 2.27. The molecule has 0 aliphatic rings. The van der Waals surface area contributed by atoms with Gasteiger partial charge in [0.15, 0.2) is 0 Å². The summed E-state index contributed by atoms with van der Waals surface area (Å²) in [5.41, 5.74) is -0.923. The number of nitrogens with one attached hydrogen (secondary N) is 1. The first-order valence-electron chi connectivity index (χ1n) is 5.46. The number of carbonyl (C=O) groups is 1. The van der Waals surface area contributed by atoms with E-state index < -0.39 is 11.7 Å². The van der Waals surface area contributed by atoms with Gasteiger partial charge in [0.1, 0.15) is 5.82 Å². The fourth-order valence-corrected chi connectivity index (χ4v) is 1.72. The molecule has 1 rings (SSSR count). The molecule has 4 nitrogen and oxygen atoms in total. The summed E-state index contributed by atoms with van der Waals surface area (Å²) in [5, 5.41) is 2.42. The van der Waals surface area contributed by atoms with Gasteiger partial charge < -0.3 is 10.2 Å². The molecule has 0 unspecified atom stereocenters. The van der Waals surface area contributed by atoms with E-state index in [1.165, 1.54) is 11.9 Å². The Morgan fingerprint density at radius 2 is 2.16 bits per heavy atom. The van der Waals surface area contributed by atoms with Crippen molar-refractivity contribution in [3.63, 3.8) is 0 Å². The fraction of sp³-hybridized carbons (Fsp3) is 0.455. The minimum Gasteiger partial charge on any atom is -0.355 e. The van der Waals surface area contributed by atoms with Gasteiger partial charge >= 0.3 is 6.18 Å². The number of alkyl halides is 3. The van der Waals surface area contributed by atoms with Crippen LogP contribution in [0.2, 0.25) is 5.02 Å². The number of likely N-dealkylation sites (N-methyl/N-ethyl adjacent to an activating group) is 2. The number of amides is 1. The summed E-state index contributed by atoms with van der Waals surface area (Å²) < 4.78 is 37.3. The lowest BCUT2D eigenvalue weighted by Crippen LogP contribution is -2.35. The van der Waals surface area contributed by atoms with Crippen LogP contribution in [0, 0.1) is 0 Å². The number of hydrogen-bond donors (Lipinski definition) is 1. The Morgan fingerprint density at radius 1 is 1.53 bits per heavy atom. The second kappa shape index (κ2) is 6.10. The first kappa shape index (κ1) is 15.6. The minimum atomic E-state index is -4.49. The predicted octanol–water partition coefficient (Wildman–Crippen LogP) is 2.33. The summed E-state index contributed by atoms with van der Waals surface area (Å²) in [4.78, 5) is 16.4. The Labute approximate surface area is 113 Å². The van der Waals surface area contributed by atoms with Gasteiger partial charge in [0, 0.05) is 19.8 Å². The number of hydrogen-bond acceptors (Lipinski definition) is 3. The molecular weight excluding hydrogens is 283 g/mol. The Kier molecular flexibility index (Phi) is 4.99. The maximum Gasteiger partial charge on any atom is 0.417 e. The molecule has 19 heavy (non-hydrogen) atoms. The van der Waals surface area contributed by atoms with E-state index >= 15 is 0 Å². The van der Waals surface area contributed by atoms with Crippen LogP contribution in [0.15, 0.2) is 12.3 Å². The molecule has 0 atom stereocenters. The molecule has 1 aromatic heterocycles. The van der Waals surface area contributed by atoms with Crippen LogP contribution in [0.25, 0.3) is 0 Å². The Morgan fingerprint density at radius 3 is 2.63 bits per heavy atom. The summed E-state index contributed by atoms with van der Waals surface area (Å²) in [6, 6.07) is 0.790. The van der Waals surface area contributed by atoms with Crippen molar-refractivity contribution in [2.45, 2.75) is 13.1 Å². The monoisotopic (exact) mass is 295 g/mol. The number of aromatic nitrogens is 1. The molecule has 106 valence electrons. The number of pyridine rings is 1. The highest BCUT2D eigenvalue weighted by molar-refractivity contribution is 6.33. The van der Waals surface area contributed by atoms with Crippen LogP contribution < -0.4 is 10.2 Å². The van der Waals surface area contributed by atoms with E-state index in [-0.39, 0.29) is 23.3 Å². The van der Waals surface area contributed by atoms with E-state index in [0.29, 0.717) is 12.7 Å². The summed E-state index contributed by atoms with van der Waals surface area (Å²) in [7, 11) is 1.52. The SMILES string of the molecule is CCNC(=O)CN(C)c1ncc(C(F)(F)F)cc1Cl. The molecule has 0 fully saturated rings. The zero-order chi connectivity index (χ0) is 14.6. The van der Waals surface area contributed by atoms with Gasteiger partial charge in [-0.3, -0.25) is 4.79 Å². The van der Waals surface area contributed by atoms with E-state index in [0.717, 1.165) is 6.07 Å². The summed E-state index contributed by atoms with van der Waals surface area (Å²) in [6.07, 6.45) is -3.80. The van der Waals surface area contributed by atoms with Crippen molar-refractivity contribution < 1.29 is 18.0 Å². The molecule has 0 radical (unpaired) electrons. The van der Waals surface area contributed by atoms with Crippen LogP contribution in [0.1, 0.15) is 12.5 Å². The Balaban J connectivity index is 2.87. The first-order valence-corrected chi connectivity index (χ1v) is 5.84. The van der Waals surface area contributed by atoms with Crippen LogP contribution in [0.4, 0.5) is 19.0 Å². The van der Waals surface area contributed by atoms with Gasteiger partial charge in [0.2, 0.25) is 5.91 Å². The second-order valence-corrected chi connectivity index (χ2v) is 4.24. The van der Waals surface area contributed by atoms with Crippen LogP contribution >= 0.6 is 11.6 Å². The van der Waals surface area contributed by atoms with Gasteiger partial charge in [-0.25, -0.2) is 4.98 Å². The van der Waals surface area contributed by atoms with E-state index in [1.54, 1.807) is 6.92 Å². The third-order valence-electron chi connectivity index (χ3n) is 2.27. The molecule has 0 saturated carbocycles. The number of anilines is 1. The third kappa shape index (κ3) is 4.27. The number of halogens is 4. The maximum atomic E-state index is 12.4. The molecule has 0 saturated heterocycles. The van der Waals surface area contributed by atoms with Crippen LogP contribution in [0.3, 0.4) is 0 Å². The quantitative estimate of drug-likeness (QED) is 0.927. The molecule has 8 heteroatoms. The van der Waals surface area contributed by atoms with E-state index in [1.807, 2.05) is 0 Å². The highest BCUT2D eigenvalue weighted by Gasteiger charge is 2.31. The third-order valence-corrected chi connectivity index (χ3v) is 2.54. The summed E-state index contributed by atoms with van der Waals surface area (Å²) >= 11 is 5.75. The summed E-state index contributed by atoms with van der Waals surface area (Å²) in [6.45, 7) is 2.20. The molecule has 0 spiro atoms. The topological polar surface area (TPSA) is 45.2 Å². The maximum absolute atomic E-state index is 12.4. The van der Waals surface area contributed by atoms with Crippen LogP contribution in [0.5, 0.6) is 0 Å². The highest BCUT2D eigenvalue weighted by Crippen LogP contribution is 2.33. The van der Waals surface area contributed by atoms with Crippen molar-refractivity contribution in [3.05, 3.63) is 22.8 Å². The normalized spacial score (nSPS) is 11.3. The molecule has 1 heterocycles. The Hall–Kier alpha value is -1.50. The summed E-state index contributed by atoms with van der Waals surface area (Å²) in [5.74, 6) is -0.135. The van der Waals surface area contributed by atoms with Gasteiger partial charge in [0.05, 0.1) is 17.1 Å². The van der Waals surface area contributed by atoms with Crippen LogP contribution in [-0.4, -0.2) is 31.0 Å². The lowest BCUT2D eigenvalue weighted by Gasteiger charge is -2.19. The van der Waals surface area contributed by atoms with Gasteiger partial charge in [-0.1, -0.05) is 11.6 Å². The van der Waals surface area contributed by atoms with Crippen molar-refractivity contribution in [2.24, 2.45) is 0 Å². The zero-order valence-corrected chi connectivity index (χ0v) is 11.1. The molecule has 0 aliphatic carbocycles. The lowest BCUT2D eigenvalue weighted by atomic mass is 10.2. The van der Waals surface area contributed by atoms with Crippen molar-refractivity contribution in [1.82, 2.24) is 10.3 Å². The standard InChI is InChI=1S/C11H13ClF3N3O/c1-3-16-9(19)6-18(2)10-8(12)4-7(5-17-10)11(13,14)15/h4-5H,3,6H2,1-2H3,(H,16,19). The molecule has 1 N–H and O–H groups in total. The number of nitrogens with zero attached hydrogens (tertiary/aromatic N) is 2. The van der Waals surface area contributed by atoms with Gasteiger partial charge in [-0.2, -0.15) is 13.2 Å². The van der Waals surface area contributed by atoms with Crippen molar-refractivity contribution >= 4 is 23.3 Å². The predicted molar refractivity (Wildman–Crippen MR) is 66.2 cm³/mol. The minimum absolute atomic E-state index is 0.0358. The molecule has 1 aromatic rings. The molecule has 1 amide bonds. The number of rotatable bonds is 4. The van der Waals surface area contributed by atoms with E-state index in [2.05, 4.69) is 10.3 Å². The molecular formula is C11H13ClF3N3O. The molecule has 0 aliphatic heterocycles. The molecule has 0 aromatic carbocycles. The van der Waals surface area contributed by atoms with E-state index in [4.69, 9.17) is 11.6 Å². The fourth-order valence-electron chi connectivity index (χ4n) is 1.41. The van der Waals surface area contributed by atoms with Crippen molar-refractivity contribution in [3.8, 4) is 0 Å². The van der Waals surface area contributed by atoms with Gasteiger partial charge in [-0.15, -0.1) is 0 Å². The lowest BCUT2D eigenvalue weighted by molar-refractivity contribution is -0.137. The van der Waals surface area contributed by atoms with Crippen LogP contribution in [-0.2, 0) is 11.0 Å². The highest BCUT2D eigenvalue weighted by atomic mass is 35.5. The van der Waals surface area contributed by atoms with Crippen molar-refractivity contribution in [1.29, 1.82) is 0 Å². The first-order chi connectivity index (χ1) is 8.75. The van der Waals surface area contributed by atoms with Gasteiger partial charge in [0.25, 0.3) is 0 Å². The smallest absolute Gasteiger partial charge is 0.355 e. The average molecular weight is 296 g/mol.